The molecule has 4 aromatic rings. The van der Waals surface area contributed by atoms with Crippen LogP contribution in [0, 0.1) is 0 Å². The molecule has 4 rings (SSSR count). The molecule has 0 aliphatic heterocycles. The predicted octanol–water partition coefficient (Wildman–Crippen LogP) is 6.27. The fraction of sp³-hybridized carbons (Fsp3) is 0.0952. The van der Waals surface area contributed by atoms with E-state index in [1.165, 1.54) is 26.6 Å². The van der Waals surface area contributed by atoms with Gasteiger partial charge in [0.2, 0.25) is 0 Å². The zero-order valence-corrected chi connectivity index (χ0v) is 15.8. The second-order valence-corrected chi connectivity index (χ2v) is 7.88. The van der Waals surface area contributed by atoms with Crippen molar-refractivity contribution in [3.05, 3.63) is 71.4 Å². The zero-order valence-electron chi connectivity index (χ0n) is 14.1. The van der Waals surface area contributed by atoms with E-state index >= 15 is 0 Å². The van der Waals surface area contributed by atoms with E-state index in [4.69, 9.17) is 4.98 Å². The summed E-state index contributed by atoms with van der Waals surface area (Å²) >= 11 is 3.46. The topological polar surface area (TPSA) is 16.1 Å². The second-order valence-electron chi connectivity index (χ2n) is 5.99. The second kappa shape index (κ2) is 6.82. The number of hydrogen-bond acceptors (Lipinski definition) is 4. The van der Waals surface area contributed by atoms with E-state index in [0.717, 1.165) is 11.4 Å². The molecule has 0 spiro atoms. The number of nitrogens with zero attached hydrogens (tertiary/aromatic N) is 2. The van der Waals surface area contributed by atoms with Crippen molar-refractivity contribution in [2.24, 2.45) is 0 Å². The molecular formula is C21H18N2S2. The van der Waals surface area contributed by atoms with Gasteiger partial charge in [0.05, 0.1) is 21.1 Å². The standard InChI is InChI=1S/C21H18N2S2/c1-23(2)16-9-7-15(8-10-16)17-11-12-18(19-5-3-13-24-19)22-21(17)20-6-4-14-25-20/h3-14H,1-2H3. The Kier molecular flexibility index (Phi) is 4.38. The molecule has 0 saturated heterocycles. The van der Waals surface area contributed by atoms with E-state index in [0.29, 0.717) is 0 Å². The largest absolute Gasteiger partial charge is 0.378 e. The molecule has 0 saturated carbocycles. The van der Waals surface area contributed by atoms with Gasteiger partial charge in [-0.2, -0.15) is 0 Å². The van der Waals surface area contributed by atoms with E-state index in [1.807, 2.05) is 0 Å². The van der Waals surface area contributed by atoms with Crippen LogP contribution in [0.2, 0.25) is 0 Å². The summed E-state index contributed by atoms with van der Waals surface area (Å²) in [5.74, 6) is 0. The van der Waals surface area contributed by atoms with Gasteiger partial charge in [-0.15, -0.1) is 22.7 Å². The number of benzene rings is 1. The zero-order chi connectivity index (χ0) is 17.2. The lowest BCUT2D eigenvalue weighted by Gasteiger charge is -2.14. The quantitative estimate of drug-likeness (QED) is 0.425. The van der Waals surface area contributed by atoms with Gasteiger partial charge in [0, 0.05) is 25.3 Å². The van der Waals surface area contributed by atoms with Crippen LogP contribution in [-0.4, -0.2) is 19.1 Å². The third-order valence-corrected chi connectivity index (χ3v) is 5.89. The summed E-state index contributed by atoms with van der Waals surface area (Å²) in [5.41, 5.74) is 5.66. The van der Waals surface area contributed by atoms with Crippen LogP contribution in [0.15, 0.2) is 71.4 Å². The van der Waals surface area contributed by atoms with Crippen molar-refractivity contribution in [1.29, 1.82) is 0 Å². The van der Waals surface area contributed by atoms with Crippen molar-refractivity contribution in [3.8, 4) is 32.3 Å². The molecule has 0 amide bonds. The highest BCUT2D eigenvalue weighted by molar-refractivity contribution is 7.14. The molecule has 0 bridgehead atoms. The Morgan fingerprint density at radius 2 is 1.44 bits per heavy atom. The number of rotatable bonds is 4. The summed E-state index contributed by atoms with van der Waals surface area (Å²) in [7, 11) is 4.12. The minimum absolute atomic E-state index is 1.03. The smallest absolute Gasteiger partial charge is 0.0887 e. The Balaban J connectivity index is 1.84. The van der Waals surface area contributed by atoms with Crippen molar-refractivity contribution < 1.29 is 0 Å². The SMILES string of the molecule is CN(C)c1ccc(-c2ccc(-c3cccs3)nc2-c2cccs2)cc1. The highest BCUT2D eigenvalue weighted by Crippen LogP contribution is 2.36. The summed E-state index contributed by atoms with van der Waals surface area (Å²) in [4.78, 5) is 9.52. The first-order chi connectivity index (χ1) is 12.2. The van der Waals surface area contributed by atoms with Gasteiger partial charge < -0.3 is 4.90 Å². The predicted molar refractivity (Wildman–Crippen MR) is 111 cm³/mol. The van der Waals surface area contributed by atoms with E-state index in [2.05, 4.69) is 90.4 Å². The third-order valence-electron chi connectivity index (χ3n) is 4.12. The van der Waals surface area contributed by atoms with Gasteiger partial charge in [-0.25, -0.2) is 4.98 Å². The summed E-state index contributed by atoms with van der Waals surface area (Å²) in [6.45, 7) is 0. The highest BCUT2D eigenvalue weighted by atomic mass is 32.1. The number of aromatic nitrogens is 1. The summed E-state index contributed by atoms with van der Waals surface area (Å²) < 4.78 is 0. The fourth-order valence-electron chi connectivity index (χ4n) is 2.79. The molecule has 0 N–H and O–H groups in total. The Morgan fingerprint density at radius 3 is 2.04 bits per heavy atom. The Hall–Kier alpha value is -2.43. The van der Waals surface area contributed by atoms with Crippen molar-refractivity contribution in [1.82, 2.24) is 4.98 Å². The molecule has 3 aromatic heterocycles. The monoisotopic (exact) mass is 362 g/mol. The molecule has 124 valence electrons. The van der Waals surface area contributed by atoms with Crippen LogP contribution >= 0.6 is 22.7 Å². The van der Waals surface area contributed by atoms with Gasteiger partial charge in [-0.05, 0) is 52.7 Å². The van der Waals surface area contributed by atoms with Crippen LogP contribution in [0.5, 0.6) is 0 Å². The normalized spacial score (nSPS) is 10.8. The molecule has 0 fully saturated rings. The number of pyridine rings is 1. The lowest BCUT2D eigenvalue weighted by Crippen LogP contribution is -2.07. The molecule has 4 heteroatoms. The maximum absolute atomic E-state index is 5.00. The molecule has 3 heterocycles. The molecule has 0 aliphatic rings. The minimum atomic E-state index is 1.03. The molecule has 25 heavy (non-hydrogen) atoms. The third kappa shape index (κ3) is 3.23. The van der Waals surface area contributed by atoms with Crippen LogP contribution in [0.25, 0.3) is 32.3 Å². The maximum atomic E-state index is 5.00. The van der Waals surface area contributed by atoms with Gasteiger partial charge >= 0.3 is 0 Å². The van der Waals surface area contributed by atoms with Crippen molar-refractivity contribution in [2.75, 3.05) is 19.0 Å². The van der Waals surface area contributed by atoms with Gasteiger partial charge in [0.25, 0.3) is 0 Å². The Bertz CT molecular complexity index is 954. The van der Waals surface area contributed by atoms with Gasteiger partial charge in [0.15, 0.2) is 0 Å². The van der Waals surface area contributed by atoms with Crippen molar-refractivity contribution in [3.63, 3.8) is 0 Å². The molecule has 0 atom stereocenters. The minimum Gasteiger partial charge on any atom is -0.378 e. The molecule has 0 aliphatic carbocycles. The maximum Gasteiger partial charge on any atom is 0.0887 e. The molecule has 0 radical (unpaired) electrons. The lowest BCUT2D eigenvalue weighted by atomic mass is 10.0. The highest BCUT2D eigenvalue weighted by Gasteiger charge is 2.13. The summed E-state index contributed by atoms with van der Waals surface area (Å²) in [5, 5.41) is 4.20. The first-order valence-corrected chi connectivity index (χ1v) is 9.85. The van der Waals surface area contributed by atoms with Crippen LogP contribution in [0.3, 0.4) is 0 Å². The first-order valence-electron chi connectivity index (χ1n) is 8.09. The van der Waals surface area contributed by atoms with E-state index in [9.17, 15) is 0 Å². The molecule has 2 nitrogen and oxygen atoms in total. The van der Waals surface area contributed by atoms with E-state index in [-0.39, 0.29) is 0 Å². The van der Waals surface area contributed by atoms with Crippen LogP contribution < -0.4 is 4.90 Å². The first kappa shape index (κ1) is 16.1. The summed E-state index contributed by atoms with van der Waals surface area (Å²) in [6.07, 6.45) is 0. The average Bonchev–Trinajstić information content (AvgIpc) is 3.35. The molecule has 1 aromatic carbocycles. The average molecular weight is 363 g/mol. The molecular weight excluding hydrogens is 344 g/mol. The molecule has 0 unspecified atom stereocenters. The van der Waals surface area contributed by atoms with Crippen molar-refractivity contribution >= 4 is 28.4 Å². The van der Waals surface area contributed by atoms with Crippen LogP contribution in [-0.2, 0) is 0 Å². The number of anilines is 1. The number of hydrogen-bond donors (Lipinski definition) is 0. The lowest BCUT2D eigenvalue weighted by molar-refractivity contribution is 1.13. The Labute approximate surface area is 156 Å². The fourth-order valence-corrected chi connectivity index (χ4v) is 4.22. The summed E-state index contributed by atoms with van der Waals surface area (Å²) in [6, 6.07) is 21.4. The van der Waals surface area contributed by atoms with E-state index in [1.54, 1.807) is 22.7 Å². The number of thiophene rings is 2. The van der Waals surface area contributed by atoms with Crippen LogP contribution in [0.4, 0.5) is 5.69 Å². The van der Waals surface area contributed by atoms with E-state index < -0.39 is 0 Å². The van der Waals surface area contributed by atoms with Gasteiger partial charge in [0.1, 0.15) is 0 Å². The van der Waals surface area contributed by atoms with Gasteiger partial charge in [-0.3, -0.25) is 0 Å². The Morgan fingerprint density at radius 1 is 0.760 bits per heavy atom. The van der Waals surface area contributed by atoms with Crippen LogP contribution in [0.1, 0.15) is 0 Å². The van der Waals surface area contributed by atoms with Gasteiger partial charge in [-0.1, -0.05) is 24.3 Å². The van der Waals surface area contributed by atoms with Crippen molar-refractivity contribution in [2.45, 2.75) is 0 Å².